The van der Waals surface area contributed by atoms with Crippen molar-refractivity contribution in [1.29, 1.82) is 0 Å². The molecule has 11 heavy (non-hydrogen) atoms. The lowest BCUT2D eigenvalue weighted by molar-refractivity contribution is -0.138. The van der Waals surface area contributed by atoms with E-state index in [0.717, 1.165) is 6.42 Å². The Balaban J connectivity index is 2.30. The summed E-state index contributed by atoms with van der Waals surface area (Å²) in [7, 11) is 1.64. The number of ether oxygens (including phenoxy) is 2. The van der Waals surface area contributed by atoms with Gasteiger partial charge in [-0.05, 0) is 12.8 Å². The van der Waals surface area contributed by atoms with Gasteiger partial charge in [-0.15, -0.1) is 0 Å². The third kappa shape index (κ3) is 2.17. The average Bonchev–Trinajstić information content (AvgIpc) is 2.05. The first-order chi connectivity index (χ1) is 5.24. The van der Waals surface area contributed by atoms with Crippen LogP contribution in [0.1, 0.15) is 12.8 Å². The molecule has 0 aromatic carbocycles. The van der Waals surface area contributed by atoms with Crippen LogP contribution >= 0.6 is 0 Å². The normalized spacial score (nSPS) is 31.7. The number of rotatable bonds is 2. The van der Waals surface area contributed by atoms with Crippen LogP contribution < -0.4 is 5.73 Å². The van der Waals surface area contributed by atoms with Crippen LogP contribution in [0.5, 0.6) is 0 Å². The zero-order valence-electron chi connectivity index (χ0n) is 6.58. The fourth-order valence-electron chi connectivity index (χ4n) is 1.14. The second kappa shape index (κ2) is 3.69. The van der Waals surface area contributed by atoms with Gasteiger partial charge >= 0.3 is 0 Å². The minimum atomic E-state index is -0.401. The van der Waals surface area contributed by atoms with Crippen molar-refractivity contribution in [2.45, 2.75) is 25.0 Å². The fraction of sp³-hybridized carbons (Fsp3) is 0.857. The SMILES string of the molecule is CO[C@@H]1CC[C@H](C(N)=O)OC1. The van der Waals surface area contributed by atoms with Crippen molar-refractivity contribution in [3.8, 4) is 0 Å². The van der Waals surface area contributed by atoms with E-state index < -0.39 is 6.10 Å². The zero-order valence-corrected chi connectivity index (χ0v) is 6.58. The molecule has 1 aliphatic rings. The molecule has 0 aromatic rings. The summed E-state index contributed by atoms with van der Waals surface area (Å²) in [4.78, 5) is 10.6. The molecule has 0 saturated carbocycles. The highest BCUT2D eigenvalue weighted by atomic mass is 16.5. The monoisotopic (exact) mass is 159 g/mol. The number of methoxy groups -OCH3 is 1. The van der Waals surface area contributed by atoms with Gasteiger partial charge in [0.25, 0.3) is 0 Å². The number of carbonyl (C=O) groups is 1. The number of nitrogens with two attached hydrogens (primary N) is 1. The molecule has 64 valence electrons. The van der Waals surface area contributed by atoms with Gasteiger partial charge in [-0.2, -0.15) is 0 Å². The maximum atomic E-state index is 10.6. The van der Waals surface area contributed by atoms with E-state index in [1.54, 1.807) is 7.11 Å². The highest BCUT2D eigenvalue weighted by molar-refractivity contribution is 5.78. The molecule has 0 radical (unpaired) electrons. The van der Waals surface area contributed by atoms with Gasteiger partial charge in [0.15, 0.2) is 0 Å². The standard InChI is InChI=1S/C7H13NO3/c1-10-5-2-3-6(7(8)9)11-4-5/h5-6H,2-4H2,1H3,(H2,8,9)/t5-,6-/m1/s1. The minimum absolute atomic E-state index is 0.130. The van der Waals surface area contributed by atoms with E-state index in [9.17, 15) is 4.79 Å². The van der Waals surface area contributed by atoms with Crippen LogP contribution in [0.15, 0.2) is 0 Å². The van der Waals surface area contributed by atoms with Crippen LogP contribution in [-0.2, 0) is 14.3 Å². The zero-order chi connectivity index (χ0) is 8.27. The molecule has 1 heterocycles. The lowest BCUT2D eigenvalue weighted by Gasteiger charge is -2.25. The molecule has 0 unspecified atom stereocenters. The van der Waals surface area contributed by atoms with Crippen molar-refractivity contribution in [1.82, 2.24) is 0 Å². The summed E-state index contributed by atoms with van der Waals surface area (Å²) in [6.45, 7) is 0.476. The summed E-state index contributed by atoms with van der Waals surface area (Å²) >= 11 is 0. The molecular weight excluding hydrogens is 146 g/mol. The van der Waals surface area contributed by atoms with E-state index in [1.807, 2.05) is 0 Å². The minimum Gasteiger partial charge on any atom is -0.379 e. The van der Waals surface area contributed by atoms with Crippen LogP contribution in [0.25, 0.3) is 0 Å². The second-order valence-corrected chi connectivity index (χ2v) is 2.66. The molecule has 0 spiro atoms. The van der Waals surface area contributed by atoms with Gasteiger partial charge in [0.1, 0.15) is 6.10 Å². The Kier molecular flexibility index (Phi) is 2.84. The third-order valence-electron chi connectivity index (χ3n) is 1.88. The molecule has 1 aliphatic heterocycles. The van der Waals surface area contributed by atoms with E-state index in [4.69, 9.17) is 15.2 Å². The molecule has 4 heteroatoms. The Morgan fingerprint density at radius 3 is 2.73 bits per heavy atom. The third-order valence-corrected chi connectivity index (χ3v) is 1.88. The van der Waals surface area contributed by atoms with Gasteiger partial charge in [-0.25, -0.2) is 0 Å². The van der Waals surface area contributed by atoms with Gasteiger partial charge in [0.2, 0.25) is 5.91 Å². The lowest BCUT2D eigenvalue weighted by atomic mass is 10.1. The summed E-state index contributed by atoms with van der Waals surface area (Å²) in [6, 6.07) is 0. The largest absolute Gasteiger partial charge is 0.379 e. The lowest BCUT2D eigenvalue weighted by Crippen LogP contribution is -2.39. The predicted octanol–water partition coefficient (Wildman–Crippen LogP) is -0.334. The first kappa shape index (κ1) is 8.49. The summed E-state index contributed by atoms with van der Waals surface area (Å²) in [5, 5.41) is 0. The van der Waals surface area contributed by atoms with Crippen molar-refractivity contribution >= 4 is 5.91 Å². The van der Waals surface area contributed by atoms with Crippen LogP contribution in [0.2, 0.25) is 0 Å². The van der Waals surface area contributed by atoms with Crippen LogP contribution in [0.4, 0.5) is 0 Å². The van der Waals surface area contributed by atoms with Gasteiger partial charge in [-0.3, -0.25) is 4.79 Å². The van der Waals surface area contributed by atoms with Crippen molar-refractivity contribution in [2.75, 3.05) is 13.7 Å². The van der Waals surface area contributed by atoms with Crippen LogP contribution in [0, 0.1) is 0 Å². The predicted molar refractivity (Wildman–Crippen MR) is 39.0 cm³/mol. The highest BCUT2D eigenvalue weighted by Gasteiger charge is 2.24. The average molecular weight is 159 g/mol. The van der Waals surface area contributed by atoms with Gasteiger partial charge < -0.3 is 15.2 Å². The molecule has 0 aliphatic carbocycles. The molecule has 0 bridgehead atoms. The van der Waals surface area contributed by atoms with E-state index in [0.29, 0.717) is 13.0 Å². The summed E-state index contributed by atoms with van der Waals surface area (Å²) < 4.78 is 10.2. The summed E-state index contributed by atoms with van der Waals surface area (Å²) in [5.41, 5.74) is 5.05. The maximum absolute atomic E-state index is 10.6. The molecule has 4 nitrogen and oxygen atoms in total. The van der Waals surface area contributed by atoms with E-state index in [-0.39, 0.29) is 12.0 Å². The molecule has 1 amide bonds. The first-order valence-corrected chi connectivity index (χ1v) is 3.67. The van der Waals surface area contributed by atoms with E-state index in [2.05, 4.69) is 0 Å². The van der Waals surface area contributed by atoms with Crippen LogP contribution in [-0.4, -0.2) is 31.8 Å². The molecule has 2 atom stereocenters. The Hall–Kier alpha value is -0.610. The Morgan fingerprint density at radius 1 is 1.64 bits per heavy atom. The van der Waals surface area contributed by atoms with Gasteiger partial charge in [0, 0.05) is 7.11 Å². The molecule has 2 N–H and O–H groups in total. The number of amides is 1. The molecule has 1 saturated heterocycles. The highest BCUT2D eigenvalue weighted by Crippen LogP contribution is 2.14. The van der Waals surface area contributed by atoms with Crippen molar-refractivity contribution in [3.63, 3.8) is 0 Å². The van der Waals surface area contributed by atoms with Crippen molar-refractivity contribution in [3.05, 3.63) is 0 Å². The quantitative estimate of drug-likeness (QED) is 0.600. The van der Waals surface area contributed by atoms with Gasteiger partial charge in [-0.1, -0.05) is 0 Å². The van der Waals surface area contributed by atoms with E-state index in [1.165, 1.54) is 0 Å². The first-order valence-electron chi connectivity index (χ1n) is 3.67. The summed E-state index contributed by atoms with van der Waals surface area (Å²) in [6.07, 6.45) is 1.25. The Morgan fingerprint density at radius 2 is 2.36 bits per heavy atom. The number of hydrogen-bond donors (Lipinski definition) is 1. The van der Waals surface area contributed by atoms with Crippen molar-refractivity contribution < 1.29 is 14.3 Å². The second-order valence-electron chi connectivity index (χ2n) is 2.66. The van der Waals surface area contributed by atoms with E-state index >= 15 is 0 Å². The fourth-order valence-corrected chi connectivity index (χ4v) is 1.14. The Labute approximate surface area is 65.7 Å². The number of carbonyl (C=O) groups excluding carboxylic acids is 1. The summed E-state index contributed by atoms with van der Waals surface area (Å²) in [5.74, 6) is -0.375. The Bertz CT molecular complexity index is 141. The van der Waals surface area contributed by atoms with Crippen LogP contribution in [0.3, 0.4) is 0 Å². The number of primary amides is 1. The number of hydrogen-bond acceptors (Lipinski definition) is 3. The molecule has 0 aromatic heterocycles. The molecule has 1 rings (SSSR count). The van der Waals surface area contributed by atoms with Gasteiger partial charge in [0.05, 0.1) is 12.7 Å². The maximum Gasteiger partial charge on any atom is 0.246 e. The molecular formula is C7H13NO3. The topological polar surface area (TPSA) is 61.5 Å². The smallest absolute Gasteiger partial charge is 0.246 e. The van der Waals surface area contributed by atoms with Crippen molar-refractivity contribution in [2.24, 2.45) is 5.73 Å². The molecule has 1 fully saturated rings.